The summed E-state index contributed by atoms with van der Waals surface area (Å²) in [6.45, 7) is 2.07. The van der Waals surface area contributed by atoms with E-state index in [2.05, 4.69) is 22.9 Å². The van der Waals surface area contributed by atoms with Gasteiger partial charge in [0.2, 0.25) is 0 Å². The fourth-order valence-corrected chi connectivity index (χ4v) is 2.83. The lowest BCUT2D eigenvalue weighted by atomic mass is 10.0. The topological polar surface area (TPSA) is 31.6 Å². The van der Waals surface area contributed by atoms with E-state index in [0.717, 1.165) is 34.8 Å². The van der Waals surface area contributed by atoms with Crippen LogP contribution in [0.1, 0.15) is 28.6 Å². The molecule has 0 radical (unpaired) electrons. The number of hydrogen-bond acceptors (Lipinski definition) is 3. The molecule has 102 valence electrons. The Bertz CT molecular complexity index is 548. The van der Waals surface area contributed by atoms with Gasteiger partial charge in [0.05, 0.1) is 25.3 Å². The highest BCUT2D eigenvalue weighted by atomic mass is 79.9. The second-order valence-electron chi connectivity index (χ2n) is 4.12. The van der Waals surface area contributed by atoms with Gasteiger partial charge in [0.25, 0.3) is 0 Å². The van der Waals surface area contributed by atoms with Gasteiger partial charge < -0.3 is 13.9 Å². The molecule has 0 aliphatic rings. The van der Waals surface area contributed by atoms with E-state index in [9.17, 15) is 0 Å². The number of methoxy groups -OCH3 is 2. The van der Waals surface area contributed by atoms with Crippen molar-refractivity contribution in [3.05, 3.63) is 47.4 Å². The molecule has 0 N–H and O–H groups in total. The Morgan fingerprint density at radius 2 is 1.95 bits per heavy atom. The number of aryl methyl sites for hydroxylation is 1. The van der Waals surface area contributed by atoms with E-state index in [4.69, 9.17) is 13.9 Å². The van der Waals surface area contributed by atoms with E-state index >= 15 is 0 Å². The Balaban J connectivity index is 2.45. The Hall–Kier alpha value is -1.42. The number of furan rings is 1. The van der Waals surface area contributed by atoms with Crippen LogP contribution in [0.4, 0.5) is 0 Å². The van der Waals surface area contributed by atoms with Crippen molar-refractivity contribution in [2.24, 2.45) is 0 Å². The molecule has 1 atom stereocenters. The molecule has 4 heteroatoms. The molecule has 0 aliphatic heterocycles. The van der Waals surface area contributed by atoms with Crippen LogP contribution in [-0.4, -0.2) is 14.2 Å². The van der Waals surface area contributed by atoms with Crippen LogP contribution in [-0.2, 0) is 6.42 Å². The summed E-state index contributed by atoms with van der Waals surface area (Å²) in [7, 11) is 3.32. The number of ether oxygens (including phenoxy) is 2. The summed E-state index contributed by atoms with van der Waals surface area (Å²) in [5.41, 5.74) is 2.15. The van der Waals surface area contributed by atoms with Gasteiger partial charge in [0.15, 0.2) is 0 Å². The van der Waals surface area contributed by atoms with Crippen LogP contribution in [0.25, 0.3) is 0 Å². The fourth-order valence-electron chi connectivity index (χ4n) is 2.07. The van der Waals surface area contributed by atoms with E-state index < -0.39 is 0 Å². The van der Waals surface area contributed by atoms with Gasteiger partial charge in [0.1, 0.15) is 17.3 Å². The van der Waals surface area contributed by atoms with Crippen LogP contribution in [0.15, 0.2) is 34.9 Å². The predicted octanol–water partition coefficient (Wildman–Crippen LogP) is 4.34. The summed E-state index contributed by atoms with van der Waals surface area (Å²) in [5, 5.41) is 0. The third-order valence-corrected chi connectivity index (χ3v) is 4.07. The van der Waals surface area contributed by atoms with Crippen LogP contribution >= 0.6 is 15.9 Å². The minimum atomic E-state index is 0.0197. The standard InChI is InChI=1S/C15H17BrO3/c1-4-13-11(7-8-19-13)15(16)12-9-10(17-2)5-6-14(12)18-3/h5-9,15H,4H2,1-3H3. The zero-order valence-electron chi connectivity index (χ0n) is 11.3. The lowest BCUT2D eigenvalue weighted by Gasteiger charge is -2.15. The highest BCUT2D eigenvalue weighted by molar-refractivity contribution is 9.09. The number of halogens is 1. The smallest absolute Gasteiger partial charge is 0.123 e. The van der Waals surface area contributed by atoms with Gasteiger partial charge in [-0.3, -0.25) is 0 Å². The Kier molecular flexibility index (Phi) is 4.53. The van der Waals surface area contributed by atoms with Crippen LogP contribution in [0.5, 0.6) is 11.5 Å². The van der Waals surface area contributed by atoms with Crippen molar-refractivity contribution >= 4 is 15.9 Å². The largest absolute Gasteiger partial charge is 0.497 e. The minimum Gasteiger partial charge on any atom is -0.497 e. The maximum Gasteiger partial charge on any atom is 0.123 e. The van der Waals surface area contributed by atoms with Crippen LogP contribution in [0, 0.1) is 0 Å². The maximum absolute atomic E-state index is 5.48. The minimum absolute atomic E-state index is 0.0197. The molecule has 2 rings (SSSR count). The normalized spacial score (nSPS) is 12.2. The van der Waals surface area contributed by atoms with Crippen molar-refractivity contribution in [1.29, 1.82) is 0 Å². The molecule has 0 bridgehead atoms. The average Bonchev–Trinajstić information content (AvgIpc) is 2.94. The van der Waals surface area contributed by atoms with Gasteiger partial charge in [-0.15, -0.1) is 0 Å². The molecule has 0 saturated heterocycles. The van der Waals surface area contributed by atoms with Gasteiger partial charge >= 0.3 is 0 Å². The van der Waals surface area contributed by atoms with E-state index in [1.165, 1.54) is 0 Å². The number of alkyl halides is 1. The fraction of sp³-hybridized carbons (Fsp3) is 0.333. The summed E-state index contributed by atoms with van der Waals surface area (Å²) >= 11 is 3.72. The second kappa shape index (κ2) is 6.15. The predicted molar refractivity (Wildman–Crippen MR) is 78.4 cm³/mol. The highest BCUT2D eigenvalue weighted by Gasteiger charge is 2.20. The molecule has 0 saturated carbocycles. The Morgan fingerprint density at radius 3 is 2.58 bits per heavy atom. The van der Waals surface area contributed by atoms with Crippen molar-refractivity contribution in [2.75, 3.05) is 14.2 Å². The summed E-state index contributed by atoms with van der Waals surface area (Å²) in [6, 6.07) is 7.76. The van der Waals surface area contributed by atoms with E-state index in [1.807, 2.05) is 24.3 Å². The third kappa shape index (κ3) is 2.78. The Morgan fingerprint density at radius 1 is 1.16 bits per heavy atom. The van der Waals surface area contributed by atoms with Crippen molar-refractivity contribution in [2.45, 2.75) is 18.2 Å². The molecule has 3 nitrogen and oxygen atoms in total. The van der Waals surface area contributed by atoms with Crippen molar-refractivity contribution < 1.29 is 13.9 Å². The molecule has 19 heavy (non-hydrogen) atoms. The molecule has 1 heterocycles. The lowest BCUT2D eigenvalue weighted by Crippen LogP contribution is -1.99. The number of hydrogen-bond donors (Lipinski definition) is 0. The Labute approximate surface area is 121 Å². The van der Waals surface area contributed by atoms with Crippen LogP contribution < -0.4 is 9.47 Å². The SMILES string of the molecule is CCc1occc1C(Br)c1cc(OC)ccc1OC. The first-order valence-electron chi connectivity index (χ1n) is 6.13. The summed E-state index contributed by atoms with van der Waals surface area (Å²) in [6.07, 6.45) is 2.58. The van der Waals surface area contributed by atoms with Crippen molar-refractivity contribution in [1.82, 2.24) is 0 Å². The molecule has 0 aliphatic carbocycles. The van der Waals surface area contributed by atoms with Gasteiger partial charge in [-0.25, -0.2) is 0 Å². The number of rotatable bonds is 5. The molecule has 0 spiro atoms. The third-order valence-electron chi connectivity index (χ3n) is 3.08. The zero-order valence-corrected chi connectivity index (χ0v) is 12.9. The summed E-state index contributed by atoms with van der Waals surface area (Å²) in [4.78, 5) is 0.0197. The molecule has 1 aromatic heterocycles. The van der Waals surface area contributed by atoms with Crippen molar-refractivity contribution in [3.63, 3.8) is 0 Å². The first-order chi connectivity index (χ1) is 9.21. The molecule has 1 aromatic carbocycles. The first kappa shape index (κ1) is 14.0. The number of benzene rings is 1. The monoisotopic (exact) mass is 324 g/mol. The lowest BCUT2D eigenvalue weighted by molar-refractivity contribution is 0.399. The molecule has 0 amide bonds. The molecular weight excluding hydrogens is 308 g/mol. The molecule has 1 unspecified atom stereocenters. The summed E-state index contributed by atoms with van der Waals surface area (Å²) < 4.78 is 16.2. The molecule has 2 aromatic rings. The van der Waals surface area contributed by atoms with Crippen LogP contribution in [0.2, 0.25) is 0 Å². The van der Waals surface area contributed by atoms with Crippen molar-refractivity contribution in [3.8, 4) is 11.5 Å². The first-order valence-corrected chi connectivity index (χ1v) is 7.05. The van der Waals surface area contributed by atoms with E-state index in [0.29, 0.717) is 0 Å². The van der Waals surface area contributed by atoms with E-state index in [-0.39, 0.29) is 4.83 Å². The second-order valence-corrected chi connectivity index (χ2v) is 5.04. The van der Waals surface area contributed by atoms with Crippen LogP contribution in [0.3, 0.4) is 0 Å². The molecular formula is C15H17BrO3. The van der Waals surface area contributed by atoms with Gasteiger partial charge in [-0.1, -0.05) is 22.9 Å². The van der Waals surface area contributed by atoms with Gasteiger partial charge in [-0.2, -0.15) is 0 Å². The summed E-state index contributed by atoms with van der Waals surface area (Å²) in [5.74, 6) is 2.61. The average molecular weight is 325 g/mol. The highest BCUT2D eigenvalue weighted by Crippen LogP contribution is 2.40. The van der Waals surface area contributed by atoms with E-state index in [1.54, 1.807) is 20.5 Å². The maximum atomic E-state index is 5.48. The quantitative estimate of drug-likeness (QED) is 0.766. The van der Waals surface area contributed by atoms with Gasteiger partial charge in [-0.05, 0) is 24.3 Å². The molecule has 0 fully saturated rings. The zero-order chi connectivity index (χ0) is 13.8. The van der Waals surface area contributed by atoms with Gasteiger partial charge in [0, 0.05) is 17.5 Å².